The lowest BCUT2D eigenvalue weighted by Crippen LogP contribution is -2.44. The van der Waals surface area contributed by atoms with Gasteiger partial charge in [-0.15, -0.1) is 0 Å². The van der Waals surface area contributed by atoms with Crippen molar-refractivity contribution in [2.45, 2.75) is 19.9 Å². The average Bonchev–Trinajstić information content (AvgIpc) is 3.23. The van der Waals surface area contributed by atoms with Gasteiger partial charge in [-0.2, -0.15) is 4.39 Å². The van der Waals surface area contributed by atoms with E-state index in [9.17, 15) is 4.39 Å². The van der Waals surface area contributed by atoms with E-state index >= 15 is 0 Å². The van der Waals surface area contributed by atoms with Gasteiger partial charge in [0.05, 0.1) is 24.9 Å². The first-order chi connectivity index (χ1) is 14.6. The van der Waals surface area contributed by atoms with Crippen molar-refractivity contribution in [1.82, 2.24) is 24.9 Å². The number of pyridine rings is 2. The van der Waals surface area contributed by atoms with Gasteiger partial charge in [0.15, 0.2) is 5.82 Å². The van der Waals surface area contributed by atoms with Gasteiger partial charge < -0.3 is 14.6 Å². The van der Waals surface area contributed by atoms with E-state index in [0.29, 0.717) is 30.4 Å². The topological polar surface area (TPSA) is 79.8 Å². The van der Waals surface area contributed by atoms with E-state index in [-0.39, 0.29) is 6.04 Å². The van der Waals surface area contributed by atoms with Crippen LogP contribution in [0.15, 0.2) is 42.7 Å². The Morgan fingerprint density at radius 2 is 2.03 bits per heavy atom. The second-order valence-corrected chi connectivity index (χ2v) is 7.42. The number of hydrogen-bond donors (Lipinski definition) is 1. The van der Waals surface area contributed by atoms with E-state index in [1.807, 2.05) is 24.4 Å². The van der Waals surface area contributed by atoms with Crippen LogP contribution in [-0.2, 0) is 4.74 Å². The zero-order valence-electron chi connectivity index (χ0n) is 16.8. The molecule has 0 spiro atoms. The molecule has 1 N–H and O–H groups in total. The van der Waals surface area contributed by atoms with Gasteiger partial charge in [0, 0.05) is 47.2 Å². The highest BCUT2D eigenvalue weighted by Crippen LogP contribution is 2.31. The fourth-order valence-corrected chi connectivity index (χ4v) is 3.86. The zero-order valence-corrected chi connectivity index (χ0v) is 16.8. The molecule has 1 saturated heterocycles. The minimum Gasteiger partial charge on any atom is -0.377 e. The number of hydrogen-bond acceptors (Lipinski definition) is 6. The molecule has 0 amide bonds. The second-order valence-electron chi connectivity index (χ2n) is 7.42. The molecule has 1 unspecified atom stereocenters. The Morgan fingerprint density at radius 1 is 1.13 bits per heavy atom. The molecule has 1 aliphatic rings. The molecule has 4 aromatic heterocycles. The molecule has 152 valence electrons. The van der Waals surface area contributed by atoms with Gasteiger partial charge in [-0.1, -0.05) is 0 Å². The van der Waals surface area contributed by atoms with Crippen LogP contribution in [0.25, 0.3) is 33.7 Å². The maximum absolute atomic E-state index is 13.6. The number of fused-ring (bicyclic) bond motifs is 1. The van der Waals surface area contributed by atoms with E-state index in [2.05, 4.69) is 26.8 Å². The number of halogens is 1. The van der Waals surface area contributed by atoms with Crippen LogP contribution in [0.3, 0.4) is 0 Å². The smallest absolute Gasteiger partial charge is 0.213 e. The Balaban J connectivity index is 1.72. The quantitative estimate of drug-likeness (QED) is 0.524. The van der Waals surface area contributed by atoms with Crippen molar-refractivity contribution in [3.63, 3.8) is 0 Å². The van der Waals surface area contributed by atoms with Gasteiger partial charge >= 0.3 is 0 Å². The summed E-state index contributed by atoms with van der Waals surface area (Å²) in [4.78, 5) is 23.4. The Hall–Kier alpha value is -3.39. The van der Waals surface area contributed by atoms with Gasteiger partial charge in [0.2, 0.25) is 5.95 Å². The third-order valence-electron chi connectivity index (χ3n) is 5.40. The van der Waals surface area contributed by atoms with Gasteiger partial charge in [0.25, 0.3) is 0 Å². The van der Waals surface area contributed by atoms with Crippen molar-refractivity contribution in [3.05, 3.63) is 54.4 Å². The van der Waals surface area contributed by atoms with Crippen molar-refractivity contribution >= 4 is 16.9 Å². The molecule has 4 aromatic rings. The standard InChI is InChI=1S/C22H21FN6O/c1-13-12-30-10-9-29(13)20-11-18(15-3-4-19(23)26-14(15)2)27-22(28-20)17-6-8-25-21-16(17)5-7-24-21/h3-8,11,13H,9-10,12H2,1-2H3,(H,24,25). The van der Waals surface area contributed by atoms with E-state index in [4.69, 9.17) is 14.7 Å². The fourth-order valence-electron chi connectivity index (χ4n) is 3.86. The van der Waals surface area contributed by atoms with Crippen LogP contribution in [-0.4, -0.2) is 50.7 Å². The Bertz CT molecular complexity index is 1220. The van der Waals surface area contributed by atoms with E-state index in [0.717, 1.165) is 34.5 Å². The number of ether oxygens (including phenoxy) is 1. The molecular formula is C22H21FN6O. The number of aromatic nitrogens is 5. The first kappa shape index (κ1) is 18.6. The molecule has 30 heavy (non-hydrogen) atoms. The van der Waals surface area contributed by atoms with Crippen LogP contribution < -0.4 is 4.90 Å². The van der Waals surface area contributed by atoms with Crippen LogP contribution >= 0.6 is 0 Å². The van der Waals surface area contributed by atoms with E-state index in [1.165, 1.54) is 6.07 Å². The highest BCUT2D eigenvalue weighted by molar-refractivity contribution is 5.91. The number of morpholine rings is 1. The Kier molecular flexibility index (Phi) is 4.63. The van der Waals surface area contributed by atoms with Crippen LogP contribution in [0.1, 0.15) is 12.6 Å². The number of aryl methyl sites for hydroxylation is 1. The fraction of sp³-hybridized carbons (Fsp3) is 0.273. The summed E-state index contributed by atoms with van der Waals surface area (Å²) in [5.41, 5.74) is 3.74. The van der Waals surface area contributed by atoms with Crippen molar-refractivity contribution in [2.75, 3.05) is 24.7 Å². The highest BCUT2D eigenvalue weighted by atomic mass is 19.1. The minimum atomic E-state index is -0.504. The number of nitrogens with zero attached hydrogens (tertiary/aromatic N) is 5. The summed E-state index contributed by atoms with van der Waals surface area (Å²) in [5.74, 6) is 0.905. The first-order valence-electron chi connectivity index (χ1n) is 9.89. The molecule has 0 radical (unpaired) electrons. The molecule has 5 rings (SSSR count). The van der Waals surface area contributed by atoms with E-state index in [1.54, 1.807) is 19.2 Å². The van der Waals surface area contributed by atoms with Crippen molar-refractivity contribution in [3.8, 4) is 22.6 Å². The predicted molar refractivity (Wildman–Crippen MR) is 113 cm³/mol. The van der Waals surface area contributed by atoms with Gasteiger partial charge in [0.1, 0.15) is 11.5 Å². The number of rotatable bonds is 3. The third-order valence-corrected chi connectivity index (χ3v) is 5.40. The molecule has 7 nitrogen and oxygen atoms in total. The lowest BCUT2D eigenvalue weighted by atomic mass is 10.1. The van der Waals surface area contributed by atoms with Gasteiger partial charge in [-0.05, 0) is 38.1 Å². The summed E-state index contributed by atoms with van der Waals surface area (Å²) < 4.78 is 19.2. The molecule has 1 fully saturated rings. The Morgan fingerprint density at radius 3 is 2.87 bits per heavy atom. The van der Waals surface area contributed by atoms with Crippen LogP contribution in [0.2, 0.25) is 0 Å². The molecule has 1 aliphatic heterocycles. The maximum Gasteiger partial charge on any atom is 0.213 e. The lowest BCUT2D eigenvalue weighted by Gasteiger charge is -2.34. The summed E-state index contributed by atoms with van der Waals surface area (Å²) in [6.45, 7) is 5.93. The van der Waals surface area contributed by atoms with Crippen molar-refractivity contribution < 1.29 is 9.13 Å². The normalized spacial score (nSPS) is 16.9. The summed E-state index contributed by atoms with van der Waals surface area (Å²) in [6.07, 6.45) is 3.59. The summed E-state index contributed by atoms with van der Waals surface area (Å²) >= 11 is 0. The van der Waals surface area contributed by atoms with Gasteiger partial charge in [-0.3, -0.25) is 0 Å². The predicted octanol–water partition coefficient (Wildman–Crippen LogP) is 3.75. The summed E-state index contributed by atoms with van der Waals surface area (Å²) in [7, 11) is 0. The largest absolute Gasteiger partial charge is 0.377 e. The molecule has 0 saturated carbocycles. The molecule has 0 aromatic carbocycles. The summed E-state index contributed by atoms with van der Waals surface area (Å²) in [5, 5.41) is 0.949. The number of anilines is 1. The zero-order chi connectivity index (χ0) is 20.7. The Labute approximate surface area is 173 Å². The second kappa shape index (κ2) is 7.46. The third kappa shape index (κ3) is 3.29. The summed E-state index contributed by atoms with van der Waals surface area (Å²) in [6, 6.07) is 9.09. The van der Waals surface area contributed by atoms with Gasteiger partial charge in [-0.25, -0.2) is 19.9 Å². The van der Waals surface area contributed by atoms with Crippen molar-refractivity contribution in [2.24, 2.45) is 0 Å². The van der Waals surface area contributed by atoms with Crippen molar-refractivity contribution in [1.29, 1.82) is 0 Å². The number of nitrogens with one attached hydrogen (secondary N) is 1. The first-order valence-corrected chi connectivity index (χ1v) is 9.89. The molecule has 1 atom stereocenters. The lowest BCUT2D eigenvalue weighted by molar-refractivity contribution is 0.0985. The average molecular weight is 404 g/mol. The maximum atomic E-state index is 13.6. The molecule has 0 bridgehead atoms. The minimum absolute atomic E-state index is 0.187. The molecule has 5 heterocycles. The molecule has 0 aliphatic carbocycles. The molecular weight excluding hydrogens is 383 g/mol. The van der Waals surface area contributed by atoms with Crippen LogP contribution in [0.5, 0.6) is 0 Å². The highest BCUT2D eigenvalue weighted by Gasteiger charge is 2.23. The van der Waals surface area contributed by atoms with Crippen LogP contribution in [0.4, 0.5) is 10.2 Å². The van der Waals surface area contributed by atoms with Crippen LogP contribution in [0, 0.1) is 12.9 Å². The number of aromatic amines is 1. The monoisotopic (exact) mass is 404 g/mol. The number of H-pyrrole nitrogens is 1. The van der Waals surface area contributed by atoms with E-state index < -0.39 is 5.95 Å². The molecule has 8 heteroatoms. The SMILES string of the molecule is Cc1nc(F)ccc1-c1cc(N2CCOCC2C)nc(-c2ccnc3[nH]ccc23)n1.